The van der Waals surface area contributed by atoms with E-state index in [9.17, 15) is 0 Å². The molecule has 2 aromatic rings. The van der Waals surface area contributed by atoms with Crippen LogP contribution in [-0.4, -0.2) is 11.5 Å². The first kappa shape index (κ1) is 14.5. The molecule has 0 bridgehead atoms. The maximum absolute atomic E-state index is 5.98. The molecule has 106 valence electrons. The molecular formula is C17H23N3. The number of nitrogens with two attached hydrogens (primary N) is 1. The summed E-state index contributed by atoms with van der Waals surface area (Å²) in [5, 5.41) is 0. The Labute approximate surface area is 121 Å². The van der Waals surface area contributed by atoms with Crippen molar-refractivity contribution in [3.05, 3.63) is 54.2 Å². The quantitative estimate of drug-likeness (QED) is 0.860. The zero-order valence-corrected chi connectivity index (χ0v) is 12.3. The van der Waals surface area contributed by atoms with Gasteiger partial charge in [-0.15, -0.1) is 0 Å². The number of para-hydroxylation sites is 1. The summed E-state index contributed by atoms with van der Waals surface area (Å²) in [7, 11) is 0. The van der Waals surface area contributed by atoms with Gasteiger partial charge in [0.25, 0.3) is 0 Å². The van der Waals surface area contributed by atoms with Crippen LogP contribution in [0.5, 0.6) is 0 Å². The van der Waals surface area contributed by atoms with Crippen LogP contribution in [0.15, 0.2) is 48.7 Å². The van der Waals surface area contributed by atoms with E-state index in [0.717, 1.165) is 30.8 Å². The van der Waals surface area contributed by atoms with Crippen LogP contribution in [0.25, 0.3) is 0 Å². The van der Waals surface area contributed by atoms with Crippen molar-refractivity contribution in [1.29, 1.82) is 0 Å². The fourth-order valence-corrected chi connectivity index (χ4v) is 2.17. The molecule has 2 rings (SSSR count). The first-order chi connectivity index (χ1) is 9.72. The zero-order chi connectivity index (χ0) is 14.4. The Morgan fingerprint density at radius 2 is 1.95 bits per heavy atom. The molecule has 20 heavy (non-hydrogen) atoms. The number of hydrogen-bond acceptors (Lipinski definition) is 3. The molecule has 3 nitrogen and oxygen atoms in total. The number of anilines is 2. The number of rotatable bonds is 6. The van der Waals surface area contributed by atoms with Crippen LogP contribution >= 0.6 is 0 Å². The van der Waals surface area contributed by atoms with Crippen LogP contribution in [-0.2, 0) is 0 Å². The number of hydrogen-bond donors (Lipinski definition) is 1. The van der Waals surface area contributed by atoms with Gasteiger partial charge in [-0.25, -0.2) is 4.98 Å². The van der Waals surface area contributed by atoms with Gasteiger partial charge in [0.05, 0.1) is 0 Å². The van der Waals surface area contributed by atoms with E-state index in [2.05, 4.69) is 47.1 Å². The number of aromatic nitrogens is 1. The lowest BCUT2D eigenvalue weighted by atomic mass is 10.1. The van der Waals surface area contributed by atoms with Crippen LogP contribution in [0, 0.1) is 0 Å². The highest BCUT2D eigenvalue weighted by Crippen LogP contribution is 2.25. The number of pyridine rings is 1. The highest BCUT2D eigenvalue weighted by Gasteiger charge is 2.11. The van der Waals surface area contributed by atoms with Crippen molar-refractivity contribution >= 4 is 11.5 Å². The number of benzene rings is 1. The minimum Gasteiger partial charge on any atom is -0.326 e. The molecule has 0 aliphatic rings. The zero-order valence-electron chi connectivity index (χ0n) is 12.3. The summed E-state index contributed by atoms with van der Waals surface area (Å²) in [4.78, 5) is 6.78. The minimum absolute atomic E-state index is 0.0283. The van der Waals surface area contributed by atoms with Gasteiger partial charge >= 0.3 is 0 Å². The molecule has 0 radical (unpaired) electrons. The second kappa shape index (κ2) is 7.06. The summed E-state index contributed by atoms with van der Waals surface area (Å²) in [6.07, 6.45) is 4.14. The number of unbranched alkanes of at least 4 members (excludes halogenated alkanes) is 1. The summed E-state index contributed by atoms with van der Waals surface area (Å²) in [6.45, 7) is 5.17. The van der Waals surface area contributed by atoms with Gasteiger partial charge in [-0.3, -0.25) is 0 Å². The van der Waals surface area contributed by atoms with Crippen LogP contribution in [0.4, 0.5) is 11.5 Å². The first-order valence-electron chi connectivity index (χ1n) is 7.26. The lowest BCUT2D eigenvalue weighted by Crippen LogP contribution is -2.20. The van der Waals surface area contributed by atoms with Crippen molar-refractivity contribution in [3.63, 3.8) is 0 Å². The van der Waals surface area contributed by atoms with Crippen LogP contribution < -0.4 is 10.6 Å². The van der Waals surface area contributed by atoms with Gasteiger partial charge in [0.1, 0.15) is 5.82 Å². The molecule has 0 saturated carbocycles. The van der Waals surface area contributed by atoms with Gasteiger partial charge < -0.3 is 10.6 Å². The Kier molecular flexibility index (Phi) is 5.13. The molecule has 2 N–H and O–H groups in total. The lowest BCUT2D eigenvalue weighted by molar-refractivity contribution is 0.774. The Morgan fingerprint density at radius 1 is 1.20 bits per heavy atom. The van der Waals surface area contributed by atoms with Crippen molar-refractivity contribution < 1.29 is 0 Å². The molecule has 0 aliphatic heterocycles. The van der Waals surface area contributed by atoms with E-state index in [1.165, 1.54) is 5.69 Å². The van der Waals surface area contributed by atoms with E-state index in [-0.39, 0.29) is 6.04 Å². The summed E-state index contributed by atoms with van der Waals surface area (Å²) in [6, 6.07) is 14.5. The molecule has 1 aromatic carbocycles. The van der Waals surface area contributed by atoms with Crippen LogP contribution in [0.2, 0.25) is 0 Å². The largest absolute Gasteiger partial charge is 0.326 e. The van der Waals surface area contributed by atoms with E-state index >= 15 is 0 Å². The first-order valence-corrected chi connectivity index (χ1v) is 7.26. The second-order valence-corrected chi connectivity index (χ2v) is 5.08. The third kappa shape index (κ3) is 3.58. The average Bonchev–Trinajstić information content (AvgIpc) is 2.49. The molecule has 0 saturated heterocycles. The Hall–Kier alpha value is -1.87. The molecule has 0 aliphatic carbocycles. The molecule has 3 heteroatoms. The van der Waals surface area contributed by atoms with Gasteiger partial charge in [-0.2, -0.15) is 0 Å². The van der Waals surface area contributed by atoms with E-state index in [0.29, 0.717) is 0 Å². The fraction of sp³-hybridized carbons (Fsp3) is 0.353. The third-order valence-corrected chi connectivity index (χ3v) is 3.38. The van der Waals surface area contributed by atoms with Gasteiger partial charge in [0.2, 0.25) is 0 Å². The molecule has 0 spiro atoms. The normalized spacial score (nSPS) is 12.2. The van der Waals surface area contributed by atoms with E-state index in [1.54, 1.807) is 0 Å². The Morgan fingerprint density at radius 3 is 2.60 bits per heavy atom. The molecule has 1 aromatic heterocycles. The predicted octanol–water partition coefficient (Wildman–Crippen LogP) is 4.04. The van der Waals surface area contributed by atoms with Gasteiger partial charge in [0, 0.05) is 24.5 Å². The highest BCUT2D eigenvalue weighted by molar-refractivity contribution is 5.60. The molecule has 1 heterocycles. The highest BCUT2D eigenvalue weighted by atomic mass is 15.2. The van der Waals surface area contributed by atoms with Crippen LogP contribution in [0.1, 0.15) is 38.3 Å². The maximum atomic E-state index is 5.98. The van der Waals surface area contributed by atoms with Gasteiger partial charge in [-0.05, 0) is 43.2 Å². The summed E-state index contributed by atoms with van der Waals surface area (Å²) in [5.74, 6) is 0.972. The molecule has 0 amide bonds. The summed E-state index contributed by atoms with van der Waals surface area (Å²) in [5.41, 5.74) is 8.27. The Bertz CT molecular complexity index is 523. The topological polar surface area (TPSA) is 42.1 Å². The molecular weight excluding hydrogens is 246 g/mol. The Balaban J connectivity index is 2.33. The van der Waals surface area contributed by atoms with Gasteiger partial charge in [-0.1, -0.05) is 31.5 Å². The summed E-state index contributed by atoms with van der Waals surface area (Å²) < 4.78 is 0. The lowest BCUT2D eigenvalue weighted by Gasteiger charge is -2.24. The summed E-state index contributed by atoms with van der Waals surface area (Å²) >= 11 is 0. The van der Waals surface area contributed by atoms with Crippen molar-refractivity contribution in [2.45, 2.75) is 32.7 Å². The third-order valence-electron chi connectivity index (χ3n) is 3.38. The average molecular weight is 269 g/mol. The molecule has 0 fully saturated rings. The van der Waals surface area contributed by atoms with Crippen LogP contribution in [0.3, 0.4) is 0 Å². The minimum atomic E-state index is 0.0283. The van der Waals surface area contributed by atoms with E-state index in [1.807, 2.05) is 25.3 Å². The molecule has 1 atom stereocenters. The number of nitrogens with zero attached hydrogens (tertiary/aromatic N) is 2. The maximum Gasteiger partial charge on any atom is 0.133 e. The van der Waals surface area contributed by atoms with E-state index < -0.39 is 0 Å². The van der Waals surface area contributed by atoms with Crippen molar-refractivity contribution in [1.82, 2.24) is 4.98 Å². The standard InChI is InChI=1S/C17H23N3/c1-3-4-12-20(16-8-6-5-7-9-16)17-13-15(14(2)18)10-11-19-17/h5-11,13-14H,3-4,12,18H2,1-2H3/t14-/m1/s1. The SMILES string of the molecule is CCCCN(c1ccccc1)c1cc([C@@H](C)N)ccn1. The fourth-order valence-electron chi connectivity index (χ4n) is 2.17. The predicted molar refractivity (Wildman–Crippen MR) is 85.2 cm³/mol. The van der Waals surface area contributed by atoms with Crippen molar-refractivity contribution in [3.8, 4) is 0 Å². The smallest absolute Gasteiger partial charge is 0.133 e. The van der Waals surface area contributed by atoms with Gasteiger partial charge in [0.15, 0.2) is 0 Å². The van der Waals surface area contributed by atoms with Crippen molar-refractivity contribution in [2.75, 3.05) is 11.4 Å². The second-order valence-electron chi connectivity index (χ2n) is 5.08. The van der Waals surface area contributed by atoms with E-state index in [4.69, 9.17) is 5.73 Å². The van der Waals surface area contributed by atoms with Crippen molar-refractivity contribution in [2.24, 2.45) is 5.73 Å². The monoisotopic (exact) mass is 269 g/mol. The molecule has 0 unspecified atom stereocenters.